The van der Waals surface area contributed by atoms with Gasteiger partial charge >= 0.3 is 0 Å². The average Bonchev–Trinajstić information content (AvgIpc) is 3.31. The summed E-state index contributed by atoms with van der Waals surface area (Å²) in [6.07, 6.45) is 4.09. The Morgan fingerprint density at radius 2 is 1.52 bits per heavy atom. The zero-order valence-electron chi connectivity index (χ0n) is 14.5. The summed E-state index contributed by atoms with van der Waals surface area (Å²) < 4.78 is 24.7. The van der Waals surface area contributed by atoms with E-state index in [1.165, 1.54) is 30.7 Å². The molecule has 1 fully saturated rings. The van der Waals surface area contributed by atoms with Crippen LogP contribution in [0.15, 0.2) is 59.8 Å². The van der Waals surface area contributed by atoms with Gasteiger partial charge in [0.15, 0.2) is 5.15 Å². The topological polar surface area (TPSA) is 81.2 Å². The fraction of sp³-hybridized carbons (Fsp3) is 0.211. The summed E-state index contributed by atoms with van der Waals surface area (Å²) in [4.78, 5) is 6.65. The van der Waals surface area contributed by atoms with E-state index in [1.54, 1.807) is 18.5 Å². The largest absolute Gasteiger partial charge is 0.372 e. The van der Waals surface area contributed by atoms with Crippen molar-refractivity contribution in [3.63, 3.8) is 0 Å². The van der Waals surface area contributed by atoms with Crippen LogP contribution >= 0.6 is 11.6 Å². The molecule has 2 heterocycles. The molecule has 0 spiro atoms. The van der Waals surface area contributed by atoms with Gasteiger partial charge in [-0.2, -0.15) is 0 Å². The highest BCUT2D eigenvalue weighted by molar-refractivity contribution is 7.89. The Hall–Kier alpha value is -2.35. The molecule has 1 aliphatic heterocycles. The van der Waals surface area contributed by atoms with E-state index in [4.69, 9.17) is 16.7 Å². The van der Waals surface area contributed by atoms with Crippen LogP contribution < -0.4 is 10.0 Å². The normalized spacial score (nSPS) is 14.7. The highest BCUT2D eigenvalue weighted by Gasteiger charge is 2.16. The Bertz CT molecular complexity index is 1050. The van der Waals surface area contributed by atoms with E-state index >= 15 is 0 Å². The number of nitrogens with two attached hydrogens (primary N) is 1. The lowest BCUT2D eigenvalue weighted by Crippen LogP contribution is -2.17. The van der Waals surface area contributed by atoms with Crippen LogP contribution in [-0.2, 0) is 10.0 Å². The van der Waals surface area contributed by atoms with Gasteiger partial charge in [0.25, 0.3) is 0 Å². The number of aromatic nitrogens is 2. The summed E-state index contributed by atoms with van der Waals surface area (Å²) in [6.45, 7) is 2.18. The summed E-state index contributed by atoms with van der Waals surface area (Å²) in [7, 11) is -3.73. The molecule has 2 N–H and O–H groups in total. The number of nitrogens with zero attached hydrogens (tertiary/aromatic N) is 3. The molecule has 0 saturated carbocycles. The van der Waals surface area contributed by atoms with Crippen LogP contribution in [0.2, 0.25) is 5.15 Å². The number of halogens is 1. The third-order valence-electron chi connectivity index (χ3n) is 4.78. The number of imidazole rings is 1. The lowest BCUT2D eigenvalue weighted by molar-refractivity contribution is 0.598. The smallest absolute Gasteiger partial charge is 0.238 e. The molecule has 0 unspecified atom stereocenters. The maximum absolute atomic E-state index is 11.4. The number of benzene rings is 2. The first-order valence-electron chi connectivity index (χ1n) is 8.65. The lowest BCUT2D eigenvalue weighted by atomic mass is 10.1. The van der Waals surface area contributed by atoms with E-state index in [9.17, 15) is 8.42 Å². The van der Waals surface area contributed by atoms with Crippen molar-refractivity contribution in [3.8, 4) is 16.9 Å². The Labute approximate surface area is 163 Å². The number of sulfonamides is 1. The van der Waals surface area contributed by atoms with E-state index in [1.807, 2.05) is 16.7 Å². The quantitative estimate of drug-likeness (QED) is 0.724. The molecule has 0 atom stereocenters. The fourth-order valence-electron chi connectivity index (χ4n) is 3.38. The van der Waals surface area contributed by atoms with Crippen LogP contribution in [0.25, 0.3) is 16.9 Å². The number of hydrogen-bond donors (Lipinski definition) is 1. The highest BCUT2D eigenvalue weighted by Crippen LogP contribution is 2.32. The van der Waals surface area contributed by atoms with Crippen molar-refractivity contribution >= 4 is 27.3 Å². The first kappa shape index (κ1) is 18.0. The molecule has 0 bridgehead atoms. The SMILES string of the molecule is NS(=O)(=O)c1ccc(-n2cnc(Cl)c2-c2ccc(N3CCCC3)cc2)cc1. The fourth-order valence-corrected chi connectivity index (χ4v) is 4.14. The van der Waals surface area contributed by atoms with Gasteiger partial charge in [-0.25, -0.2) is 18.5 Å². The molecule has 1 saturated heterocycles. The van der Waals surface area contributed by atoms with Gasteiger partial charge in [-0.15, -0.1) is 0 Å². The maximum atomic E-state index is 11.4. The molecular weight excluding hydrogens is 384 g/mol. The molecule has 2 aromatic carbocycles. The van der Waals surface area contributed by atoms with Crippen molar-refractivity contribution in [1.82, 2.24) is 9.55 Å². The van der Waals surface area contributed by atoms with Crippen molar-refractivity contribution in [1.29, 1.82) is 0 Å². The number of rotatable bonds is 4. The summed E-state index contributed by atoms with van der Waals surface area (Å²) in [6, 6.07) is 14.6. The molecule has 8 heteroatoms. The average molecular weight is 403 g/mol. The molecule has 4 rings (SSSR count). The van der Waals surface area contributed by atoms with Crippen molar-refractivity contribution in [2.24, 2.45) is 5.14 Å². The van der Waals surface area contributed by atoms with Gasteiger partial charge < -0.3 is 4.90 Å². The van der Waals surface area contributed by atoms with Crippen LogP contribution in [0, 0.1) is 0 Å². The first-order chi connectivity index (χ1) is 12.9. The number of hydrogen-bond acceptors (Lipinski definition) is 4. The van der Waals surface area contributed by atoms with Crippen LogP contribution in [-0.4, -0.2) is 31.1 Å². The second kappa shape index (κ2) is 6.99. The Balaban J connectivity index is 1.69. The minimum atomic E-state index is -3.73. The van der Waals surface area contributed by atoms with E-state index in [2.05, 4.69) is 22.0 Å². The minimum absolute atomic E-state index is 0.0639. The molecule has 6 nitrogen and oxygen atoms in total. The number of anilines is 1. The van der Waals surface area contributed by atoms with Gasteiger partial charge in [0, 0.05) is 30.0 Å². The molecule has 0 radical (unpaired) electrons. The number of primary sulfonamides is 1. The van der Waals surface area contributed by atoms with Crippen LogP contribution in [0.5, 0.6) is 0 Å². The van der Waals surface area contributed by atoms with E-state index in [0.29, 0.717) is 5.15 Å². The van der Waals surface area contributed by atoms with E-state index < -0.39 is 10.0 Å². The molecule has 0 aliphatic carbocycles. The van der Waals surface area contributed by atoms with Crippen molar-refractivity contribution < 1.29 is 8.42 Å². The van der Waals surface area contributed by atoms with Gasteiger partial charge in [-0.3, -0.25) is 4.57 Å². The predicted octanol–water partition coefficient (Wildman–Crippen LogP) is 3.44. The van der Waals surface area contributed by atoms with Crippen LogP contribution in [0.4, 0.5) is 5.69 Å². The van der Waals surface area contributed by atoms with Gasteiger partial charge in [0.1, 0.15) is 6.33 Å². The highest BCUT2D eigenvalue weighted by atomic mass is 35.5. The summed E-state index contributed by atoms with van der Waals surface area (Å²) >= 11 is 6.34. The second-order valence-electron chi connectivity index (χ2n) is 6.53. The van der Waals surface area contributed by atoms with E-state index in [0.717, 1.165) is 30.0 Å². The van der Waals surface area contributed by atoms with Gasteiger partial charge in [0.05, 0.1) is 10.6 Å². The second-order valence-corrected chi connectivity index (χ2v) is 8.45. The molecule has 27 heavy (non-hydrogen) atoms. The predicted molar refractivity (Wildman–Crippen MR) is 107 cm³/mol. The van der Waals surface area contributed by atoms with Crippen molar-refractivity contribution in [2.75, 3.05) is 18.0 Å². The molecule has 3 aromatic rings. The third-order valence-corrected chi connectivity index (χ3v) is 5.98. The van der Waals surface area contributed by atoms with Crippen molar-refractivity contribution in [2.45, 2.75) is 17.7 Å². The summed E-state index contributed by atoms with van der Waals surface area (Å²) in [5, 5.41) is 5.55. The molecule has 140 valence electrons. The van der Waals surface area contributed by atoms with Crippen LogP contribution in [0.3, 0.4) is 0 Å². The summed E-state index contributed by atoms with van der Waals surface area (Å²) in [5.41, 5.74) is 3.65. The molecule has 0 amide bonds. The van der Waals surface area contributed by atoms with Gasteiger partial charge in [0.2, 0.25) is 10.0 Å². The van der Waals surface area contributed by atoms with E-state index in [-0.39, 0.29) is 4.90 Å². The van der Waals surface area contributed by atoms with Crippen LogP contribution in [0.1, 0.15) is 12.8 Å². The monoisotopic (exact) mass is 402 g/mol. The lowest BCUT2D eigenvalue weighted by Gasteiger charge is -2.18. The molecule has 1 aromatic heterocycles. The summed E-state index contributed by atoms with van der Waals surface area (Å²) in [5.74, 6) is 0. The first-order valence-corrected chi connectivity index (χ1v) is 10.6. The molecular formula is C19H19ClN4O2S. The Morgan fingerprint density at radius 3 is 2.11 bits per heavy atom. The third kappa shape index (κ3) is 3.58. The Morgan fingerprint density at radius 1 is 0.926 bits per heavy atom. The zero-order chi connectivity index (χ0) is 19.0. The van der Waals surface area contributed by atoms with Crippen molar-refractivity contribution in [3.05, 3.63) is 60.0 Å². The standard InChI is InChI=1S/C19H19ClN4O2S/c20-19-18(14-3-5-15(6-4-14)23-11-1-2-12-23)24(13-22-19)16-7-9-17(10-8-16)27(21,25)26/h3-10,13H,1-2,11-12H2,(H2,21,25,26). The van der Waals surface area contributed by atoms with Gasteiger partial charge in [-0.1, -0.05) is 23.7 Å². The maximum Gasteiger partial charge on any atom is 0.238 e. The zero-order valence-corrected chi connectivity index (χ0v) is 16.1. The molecule has 1 aliphatic rings. The minimum Gasteiger partial charge on any atom is -0.372 e. The Kier molecular flexibility index (Phi) is 4.67. The van der Waals surface area contributed by atoms with Gasteiger partial charge in [-0.05, 0) is 49.2 Å².